The number of anilines is 4. The van der Waals surface area contributed by atoms with Crippen molar-refractivity contribution in [2.24, 2.45) is 0 Å². The highest BCUT2D eigenvalue weighted by atomic mass is 15.3. The van der Waals surface area contributed by atoms with Crippen LogP contribution in [-0.4, -0.2) is 62.2 Å². The molecule has 1 saturated heterocycles. The molecular weight excluding hydrogens is 360 g/mol. The first kappa shape index (κ1) is 19.2. The fraction of sp³-hybridized carbons (Fsp3) is 0.304. The fourth-order valence-corrected chi connectivity index (χ4v) is 3.40. The number of nitrogens with one attached hydrogen (secondary N) is 1. The van der Waals surface area contributed by atoms with Gasteiger partial charge >= 0.3 is 0 Å². The van der Waals surface area contributed by atoms with Crippen molar-refractivity contribution in [1.82, 2.24) is 14.9 Å². The lowest BCUT2D eigenvalue weighted by Crippen LogP contribution is -2.44. The molecule has 29 heavy (non-hydrogen) atoms. The highest BCUT2D eigenvalue weighted by Gasteiger charge is 2.17. The number of benzene rings is 2. The zero-order valence-electron chi connectivity index (χ0n) is 17.3. The van der Waals surface area contributed by atoms with Crippen LogP contribution in [0.25, 0.3) is 11.4 Å². The van der Waals surface area contributed by atoms with Crippen molar-refractivity contribution in [3.8, 4) is 11.4 Å². The number of likely N-dealkylation sites (N-methyl/N-ethyl adjacent to an activating group) is 1. The lowest BCUT2D eigenvalue weighted by atomic mass is 10.2. The van der Waals surface area contributed by atoms with Crippen molar-refractivity contribution in [2.75, 3.05) is 62.4 Å². The Morgan fingerprint density at radius 2 is 1.55 bits per heavy atom. The molecule has 0 radical (unpaired) electrons. The lowest BCUT2D eigenvalue weighted by molar-refractivity contribution is 0.312. The summed E-state index contributed by atoms with van der Waals surface area (Å²) in [6, 6.07) is 20.6. The predicted octanol–water partition coefficient (Wildman–Crippen LogP) is 3.71. The van der Waals surface area contributed by atoms with Gasteiger partial charge in [0, 0.05) is 63.3 Å². The van der Waals surface area contributed by atoms with Crippen LogP contribution in [0.1, 0.15) is 0 Å². The van der Waals surface area contributed by atoms with Gasteiger partial charge in [-0.05, 0) is 31.3 Å². The van der Waals surface area contributed by atoms with Crippen molar-refractivity contribution in [2.45, 2.75) is 0 Å². The summed E-state index contributed by atoms with van der Waals surface area (Å²) in [6.07, 6.45) is 0. The van der Waals surface area contributed by atoms with E-state index in [2.05, 4.69) is 69.5 Å². The molecule has 1 aromatic heterocycles. The lowest BCUT2D eigenvalue weighted by Gasteiger charge is -2.33. The molecule has 0 spiro atoms. The molecule has 2 heterocycles. The molecule has 150 valence electrons. The van der Waals surface area contributed by atoms with Gasteiger partial charge in [0.25, 0.3) is 0 Å². The van der Waals surface area contributed by atoms with Crippen molar-refractivity contribution < 1.29 is 0 Å². The summed E-state index contributed by atoms with van der Waals surface area (Å²) in [4.78, 5) is 16.5. The first-order valence-electron chi connectivity index (χ1n) is 10.0. The van der Waals surface area contributed by atoms with Crippen molar-refractivity contribution in [3.05, 3.63) is 60.7 Å². The monoisotopic (exact) mass is 388 g/mol. The SMILES string of the molecule is CN1CCN(c2cc(Nc3ccc(N(C)C)cc3)nc(-c3ccccc3)n2)CC1. The van der Waals surface area contributed by atoms with Crippen LogP contribution in [0.5, 0.6) is 0 Å². The Morgan fingerprint density at radius 1 is 0.862 bits per heavy atom. The molecule has 4 rings (SSSR count). The summed E-state index contributed by atoms with van der Waals surface area (Å²) in [5, 5.41) is 3.46. The van der Waals surface area contributed by atoms with E-state index < -0.39 is 0 Å². The van der Waals surface area contributed by atoms with Crippen LogP contribution in [0.2, 0.25) is 0 Å². The predicted molar refractivity (Wildman–Crippen MR) is 121 cm³/mol. The number of aromatic nitrogens is 2. The first-order valence-corrected chi connectivity index (χ1v) is 10.0. The number of hydrogen-bond donors (Lipinski definition) is 1. The van der Waals surface area contributed by atoms with Crippen LogP contribution in [-0.2, 0) is 0 Å². The third kappa shape index (κ3) is 4.66. The molecule has 0 amide bonds. The van der Waals surface area contributed by atoms with Crippen molar-refractivity contribution >= 4 is 23.0 Å². The molecule has 0 aliphatic carbocycles. The van der Waals surface area contributed by atoms with Gasteiger partial charge < -0.3 is 20.0 Å². The van der Waals surface area contributed by atoms with Crippen LogP contribution >= 0.6 is 0 Å². The Bertz CT molecular complexity index is 931. The van der Waals surface area contributed by atoms with Crippen LogP contribution in [0.15, 0.2) is 60.7 Å². The summed E-state index contributed by atoms with van der Waals surface area (Å²) in [5.74, 6) is 2.53. The quantitative estimate of drug-likeness (QED) is 0.719. The topological polar surface area (TPSA) is 47.5 Å². The molecule has 0 saturated carbocycles. The van der Waals surface area contributed by atoms with Gasteiger partial charge in [-0.25, -0.2) is 9.97 Å². The molecular formula is C23H28N6. The number of rotatable bonds is 5. The highest BCUT2D eigenvalue weighted by Crippen LogP contribution is 2.26. The molecule has 1 aliphatic rings. The van der Waals surface area contributed by atoms with E-state index >= 15 is 0 Å². The maximum absolute atomic E-state index is 4.88. The van der Waals surface area contributed by atoms with Gasteiger partial charge in [-0.3, -0.25) is 0 Å². The van der Waals surface area contributed by atoms with Gasteiger partial charge in [-0.15, -0.1) is 0 Å². The fourth-order valence-electron chi connectivity index (χ4n) is 3.40. The zero-order chi connectivity index (χ0) is 20.2. The summed E-state index contributed by atoms with van der Waals surface area (Å²) in [7, 11) is 6.25. The largest absolute Gasteiger partial charge is 0.378 e. The third-order valence-electron chi connectivity index (χ3n) is 5.23. The Labute approximate surface area is 172 Å². The van der Waals surface area contributed by atoms with Crippen molar-refractivity contribution in [3.63, 3.8) is 0 Å². The van der Waals surface area contributed by atoms with Gasteiger partial charge in [-0.2, -0.15) is 0 Å². The van der Waals surface area contributed by atoms with E-state index in [0.29, 0.717) is 0 Å². The van der Waals surface area contributed by atoms with E-state index in [0.717, 1.165) is 54.9 Å². The molecule has 0 bridgehead atoms. The van der Waals surface area contributed by atoms with Gasteiger partial charge in [0.15, 0.2) is 5.82 Å². The number of nitrogens with zero attached hydrogens (tertiary/aromatic N) is 5. The van der Waals surface area contributed by atoms with E-state index in [4.69, 9.17) is 9.97 Å². The van der Waals surface area contributed by atoms with E-state index in [1.807, 2.05) is 32.3 Å². The maximum Gasteiger partial charge on any atom is 0.163 e. The molecule has 0 atom stereocenters. The molecule has 6 heteroatoms. The van der Waals surface area contributed by atoms with Crippen LogP contribution in [0.3, 0.4) is 0 Å². The van der Waals surface area contributed by atoms with Gasteiger partial charge in [0.1, 0.15) is 11.6 Å². The van der Waals surface area contributed by atoms with Gasteiger partial charge in [0.05, 0.1) is 0 Å². The summed E-state index contributed by atoms with van der Waals surface area (Å²) < 4.78 is 0. The summed E-state index contributed by atoms with van der Waals surface area (Å²) in [5.41, 5.74) is 3.20. The minimum Gasteiger partial charge on any atom is -0.378 e. The molecule has 3 aromatic rings. The molecule has 0 unspecified atom stereocenters. The smallest absolute Gasteiger partial charge is 0.163 e. The third-order valence-corrected chi connectivity index (χ3v) is 5.23. The van der Waals surface area contributed by atoms with Gasteiger partial charge in [-0.1, -0.05) is 30.3 Å². The van der Waals surface area contributed by atoms with Crippen LogP contribution < -0.4 is 15.1 Å². The second kappa shape index (κ2) is 8.49. The minimum atomic E-state index is 0.745. The number of piperazine rings is 1. The number of hydrogen-bond acceptors (Lipinski definition) is 6. The van der Waals surface area contributed by atoms with E-state index in [1.165, 1.54) is 5.69 Å². The Hall–Kier alpha value is -3.12. The average molecular weight is 389 g/mol. The second-order valence-corrected chi connectivity index (χ2v) is 7.66. The van der Waals surface area contributed by atoms with E-state index in [9.17, 15) is 0 Å². The Balaban J connectivity index is 1.65. The summed E-state index contributed by atoms with van der Waals surface area (Å²) in [6.45, 7) is 4.02. The van der Waals surface area contributed by atoms with E-state index in [-0.39, 0.29) is 0 Å². The van der Waals surface area contributed by atoms with Gasteiger partial charge in [0.2, 0.25) is 0 Å². The van der Waals surface area contributed by atoms with Crippen molar-refractivity contribution in [1.29, 1.82) is 0 Å². The van der Waals surface area contributed by atoms with E-state index in [1.54, 1.807) is 0 Å². The Kier molecular flexibility index (Phi) is 5.62. The zero-order valence-corrected chi connectivity index (χ0v) is 17.3. The Morgan fingerprint density at radius 3 is 2.21 bits per heavy atom. The molecule has 1 aliphatic heterocycles. The molecule has 1 N–H and O–H groups in total. The van der Waals surface area contributed by atoms with Crippen LogP contribution in [0, 0.1) is 0 Å². The minimum absolute atomic E-state index is 0.745. The maximum atomic E-state index is 4.88. The molecule has 2 aromatic carbocycles. The standard InChI is InChI=1S/C23H28N6/c1-27(2)20-11-9-19(10-12-20)24-21-17-22(29-15-13-28(3)14-16-29)26-23(25-21)18-7-5-4-6-8-18/h4-12,17H,13-16H2,1-3H3,(H,24,25,26). The highest BCUT2D eigenvalue weighted by molar-refractivity contribution is 5.66. The molecule has 1 fully saturated rings. The van der Waals surface area contributed by atoms with Crippen LogP contribution in [0.4, 0.5) is 23.0 Å². The first-order chi connectivity index (χ1) is 14.1. The normalized spacial score (nSPS) is 14.7. The summed E-state index contributed by atoms with van der Waals surface area (Å²) >= 11 is 0. The average Bonchev–Trinajstić information content (AvgIpc) is 2.75. The molecule has 6 nitrogen and oxygen atoms in total. The second-order valence-electron chi connectivity index (χ2n) is 7.66.